The molecule has 0 saturated carbocycles. The molecule has 118 valence electrons. The molecule has 21 heavy (non-hydrogen) atoms. The Morgan fingerprint density at radius 2 is 2.00 bits per heavy atom. The first-order valence-corrected chi connectivity index (χ1v) is 8.17. The number of hydrogen-bond donors (Lipinski definition) is 1. The van der Waals surface area contributed by atoms with E-state index >= 15 is 0 Å². The van der Waals surface area contributed by atoms with Crippen LogP contribution in [0.5, 0.6) is 0 Å². The zero-order chi connectivity index (χ0) is 15.2. The van der Waals surface area contributed by atoms with Crippen LogP contribution in [-0.4, -0.2) is 32.8 Å². The summed E-state index contributed by atoms with van der Waals surface area (Å²) < 4.78 is 5.30. The number of aryl methyl sites for hydroxylation is 1. The fourth-order valence-corrected chi connectivity index (χ4v) is 3.05. The summed E-state index contributed by atoms with van der Waals surface area (Å²) in [5, 5.41) is 3.55. The first-order valence-electron chi connectivity index (χ1n) is 8.17. The molecule has 1 aliphatic heterocycles. The van der Waals surface area contributed by atoms with Gasteiger partial charge in [-0.2, -0.15) is 0 Å². The summed E-state index contributed by atoms with van der Waals surface area (Å²) in [6.07, 6.45) is 2.47. The van der Waals surface area contributed by atoms with Crippen molar-refractivity contribution >= 4 is 5.69 Å². The van der Waals surface area contributed by atoms with E-state index in [0.29, 0.717) is 6.04 Å². The van der Waals surface area contributed by atoms with Crippen LogP contribution in [0.2, 0.25) is 0 Å². The number of nitrogens with zero attached hydrogens (tertiary/aromatic N) is 1. The lowest BCUT2D eigenvalue weighted by Crippen LogP contribution is -2.36. The predicted octanol–water partition coefficient (Wildman–Crippen LogP) is 3.36. The van der Waals surface area contributed by atoms with E-state index in [-0.39, 0.29) is 0 Å². The van der Waals surface area contributed by atoms with Gasteiger partial charge in [-0.15, -0.1) is 0 Å². The van der Waals surface area contributed by atoms with E-state index in [4.69, 9.17) is 4.74 Å². The highest BCUT2D eigenvalue weighted by Gasteiger charge is 2.20. The van der Waals surface area contributed by atoms with Crippen molar-refractivity contribution in [2.45, 2.75) is 46.2 Å². The quantitative estimate of drug-likeness (QED) is 0.869. The van der Waals surface area contributed by atoms with E-state index in [1.807, 2.05) is 7.11 Å². The number of rotatable bonds is 6. The number of anilines is 1. The van der Waals surface area contributed by atoms with Gasteiger partial charge in [-0.25, -0.2) is 0 Å². The third-order valence-electron chi connectivity index (χ3n) is 4.29. The van der Waals surface area contributed by atoms with E-state index in [0.717, 1.165) is 32.2 Å². The Kier molecular flexibility index (Phi) is 6.07. The fraction of sp³-hybridized carbons (Fsp3) is 0.667. The second-order valence-electron chi connectivity index (χ2n) is 6.55. The van der Waals surface area contributed by atoms with Crippen molar-refractivity contribution in [3.05, 3.63) is 29.3 Å². The highest BCUT2D eigenvalue weighted by atomic mass is 16.5. The van der Waals surface area contributed by atoms with Gasteiger partial charge >= 0.3 is 0 Å². The summed E-state index contributed by atoms with van der Waals surface area (Å²) in [7, 11) is 1.81. The number of piperidine rings is 1. The molecule has 3 heteroatoms. The smallest absolute Gasteiger partial charge is 0.0491 e. The summed E-state index contributed by atoms with van der Waals surface area (Å²) in [6, 6.07) is 7.37. The van der Waals surface area contributed by atoms with Crippen molar-refractivity contribution in [2.24, 2.45) is 5.92 Å². The Bertz CT molecular complexity index is 437. The zero-order valence-electron chi connectivity index (χ0n) is 14.0. The number of hydrogen-bond acceptors (Lipinski definition) is 3. The molecule has 0 aliphatic carbocycles. The fourth-order valence-electron chi connectivity index (χ4n) is 3.05. The predicted molar refractivity (Wildman–Crippen MR) is 90.0 cm³/mol. The molecule has 0 atom stereocenters. The monoisotopic (exact) mass is 290 g/mol. The Morgan fingerprint density at radius 1 is 1.29 bits per heavy atom. The van der Waals surface area contributed by atoms with Gasteiger partial charge in [0.2, 0.25) is 0 Å². The summed E-state index contributed by atoms with van der Waals surface area (Å²) >= 11 is 0. The van der Waals surface area contributed by atoms with Crippen LogP contribution >= 0.6 is 0 Å². The number of nitrogens with one attached hydrogen (secondary N) is 1. The van der Waals surface area contributed by atoms with Crippen LogP contribution in [0.4, 0.5) is 5.69 Å². The molecular formula is C18H30N2O. The molecule has 1 aromatic rings. The molecule has 3 nitrogen and oxygen atoms in total. The molecular weight excluding hydrogens is 260 g/mol. The Hall–Kier alpha value is -1.06. The molecule has 1 saturated heterocycles. The lowest BCUT2D eigenvalue weighted by atomic mass is 9.96. The van der Waals surface area contributed by atoms with E-state index in [2.05, 4.69) is 49.2 Å². The largest absolute Gasteiger partial charge is 0.384 e. The lowest BCUT2D eigenvalue weighted by Gasteiger charge is -2.35. The first kappa shape index (κ1) is 16.3. The average Bonchev–Trinajstić information content (AvgIpc) is 2.46. The van der Waals surface area contributed by atoms with Gasteiger partial charge in [0, 0.05) is 45.1 Å². The minimum atomic E-state index is 0.519. The van der Waals surface area contributed by atoms with Crippen molar-refractivity contribution in [1.82, 2.24) is 5.32 Å². The topological polar surface area (TPSA) is 24.5 Å². The maximum absolute atomic E-state index is 5.30. The first-order chi connectivity index (χ1) is 10.1. The number of benzene rings is 1. The minimum absolute atomic E-state index is 0.519. The van der Waals surface area contributed by atoms with E-state index < -0.39 is 0 Å². The van der Waals surface area contributed by atoms with Gasteiger partial charge in [-0.05, 0) is 37.3 Å². The Labute approximate surface area is 129 Å². The average molecular weight is 290 g/mol. The second-order valence-corrected chi connectivity index (χ2v) is 6.55. The van der Waals surface area contributed by atoms with E-state index in [1.165, 1.54) is 29.7 Å². The normalized spacial score (nSPS) is 16.7. The van der Waals surface area contributed by atoms with Crippen LogP contribution in [0.3, 0.4) is 0 Å². The van der Waals surface area contributed by atoms with Gasteiger partial charge in [-0.1, -0.05) is 31.5 Å². The summed E-state index contributed by atoms with van der Waals surface area (Å²) in [4.78, 5) is 2.54. The Balaban J connectivity index is 2.05. The van der Waals surface area contributed by atoms with Gasteiger partial charge in [0.25, 0.3) is 0 Å². The molecule has 1 fully saturated rings. The molecule has 0 unspecified atom stereocenters. The van der Waals surface area contributed by atoms with Gasteiger partial charge in [0.1, 0.15) is 0 Å². The molecule has 0 bridgehead atoms. The van der Waals surface area contributed by atoms with Crippen LogP contribution < -0.4 is 10.2 Å². The SMILES string of the molecule is COCC1CCN(c2ccc(C)cc2CNC(C)C)CC1. The van der Waals surface area contributed by atoms with Gasteiger partial charge < -0.3 is 15.0 Å². The van der Waals surface area contributed by atoms with Crippen LogP contribution in [0.15, 0.2) is 18.2 Å². The summed E-state index contributed by atoms with van der Waals surface area (Å²) in [5.41, 5.74) is 4.17. The van der Waals surface area contributed by atoms with Crippen molar-refractivity contribution in [1.29, 1.82) is 0 Å². The molecule has 1 aromatic carbocycles. The van der Waals surface area contributed by atoms with Crippen molar-refractivity contribution in [3.63, 3.8) is 0 Å². The number of ether oxygens (including phenoxy) is 1. The maximum Gasteiger partial charge on any atom is 0.0491 e. The summed E-state index contributed by atoms with van der Waals surface area (Å²) in [5.74, 6) is 0.730. The molecule has 0 amide bonds. The van der Waals surface area contributed by atoms with E-state index in [1.54, 1.807) is 0 Å². The molecule has 1 heterocycles. The van der Waals surface area contributed by atoms with Gasteiger partial charge in [0.05, 0.1) is 0 Å². The third kappa shape index (κ3) is 4.72. The molecule has 1 N–H and O–H groups in total. The molecule has 1 aliphatic rings. The van der Waals surface area contributed by atoms with Gasteiger partial charge in [-0.3, -0.25) is 0 Å². The molecule has 0 radical (unpaired) electrons. The molecule has 2 rings (SSSR count). The van der Waals surface area contributed by atoms with Gasteiger partial charge in [0.15, 0.2) is 0 Å². The van der Waals surface area contributed by atoms with E-state index in [9.17, 15) is 0 Å². The number of methoxy groups -OCH3 is 1. The van der Waals surface area contributed by atoms with Crippen molar-refractivity contribution in [2.75, 3.05) is 31.7 Å². The van der Waals surface area contributed by atoms with Crippen molar-refractivity contribution in [3.8, 4) is 0 Å². The van der Waals surface area contributed by atoms with Crippen LogP contribution in [0, 0.1) is 12.8 Å². The standard InChI is InChI=1S/C18H30N2O/c1-14(2)19-12-17-11-15(3)5-6-18(17)20-9-7-16(8-10-20)13-21-4/h5-6,11,14,16,19H,7-10,12-13H2,1-4H3. The van der Waals surface area contributed by atoms with Crippen LogP contribution in [-0.2, 0) is 11.3 Å². The highest BCUT2D eigenvalue weighted by molar-refractivity contribution is 5.55. The third-order valence-corrected chi connectivity index (χ3v) is 4.29. The highest BCUT2D eigenvalue weighted by Crippen LogP contribution is 2.27. The Morgan fingerprint density at radius 3 is 2.62 bits per heavy atom. The molecule has 0 spiro atoms. The minimum Gasteiger partial charge on any atom is -0.384 e. The van der Waals surface area contributed by atoms with Crippen molar-refractivity contribution < 1.29 is 4.74 Å². The second kappa shape index (κ2) is 7.81. The molecule has 0 aromatic heterocycles. The zero-order valence-corrected chi connectivity index (χ0v) is 14.0. The van der Waals surface area contributed by atoms with Crippen LogP contribution in [0.1, 0.15) is 37.8 Å². The lowest BCUT2D eigenvalue weighted by molar-refractivity contribution is 0.139. The summed E-state index contributed by atoms with van der Waals surface area (Å²) in [6.45, 7) is 10.7. The van der Waals surface area contributed by atoms with Crippen LogP contribution in [0.25, 0.3) is 0 Å². The maximum atomic E-state index is 5.30.